The first kappa shape index (κ1) is 19.7. The van der Waals surface area contributed by atoms with Gasteiger partial charge in [-0.05, 0) is 37.5 Å². The van der Waals surface area contributed by atoms with Gasteiger partial charge >= 0.3 is 6.18 Å². The maximum atomic E-state index is 12.0. The Morgan fingerprint density at radius 1 is 1.14 bits per heavy atom. The number of allylic oxidation sites excluding steroid dienone is 10. The van der Waals surface area contributed by atoms with Gasteiger partial charge in [0.05, 0.1) is 0 Å². The number of hydrogen-bond donors (Lipinski definition) is 0. The molecular formula is C17H19F3N2. The second-order valence-corrected chi connectivity index (χ2v) is 4.12. The molecule has 0 radical (unpaired) electrons. The quantitative estimate of drug-likeness (QED) is 0.365. The number of nitriles is 1. The summed E-state index contributed by atoms with van der Waals surface area (Å²) >= 11 is 0. The van der Waals surface area contributed by atoms with E-state index in [-0.39, 0.29) is 6.08 Å². The Bertz CT molecular complexity index is 566. The highest BCUT2D eigenvalue weighted by molar-refractivity contribution is 5.86. The molecule has 118 valence electrons. The fourth-order valence-electron chi connectivity index (χ4n) is 1.46. The number of hydrogen-bond acceptors (Lipinski definition) is 2. The van der Waals surface area contributed by atoms with Crippen LogP contribution in [0.25, 0.3) is 0 Å². The molecule has 5 heteroatoms. The minimum absolute atomic E-state index is 0.165. The van der Waals surface area contributed by atoms with Gasteiger partial charge in [0.2, 0.25) is 0 Å². The molecule has 0 heterocycles. The predicted molar refractivity (Wildman–Crippen MR) is 84.3 cm³/mol. The SMILES string of the molecule is CC=C(/C=C\C=C\C(F)(F)F)C(=C/C)/C=N/C(C#N)=C/CC. The molecule has 0 fully saturated rings. The number of halogens is 3. The summed E-state index contributed by atoms with van der Waals surface area (Å²) in [5.41, 5.74) is 1.74. The van der Waals surface area contributed by atoms with Crippen LogP contribution in [0.15, 0.2) is 64.4 Å². The van der Waals surface area contributed by atoms with E-state index < -0.39 is 6.18 Å². The van der Waals surface area contributed by atoms with Crippen LogP contribution in [0.4, 0.5) is 13.2 Å². The van der Waals surface area contributed by atoms with E-state index >= 15 is 0 Å². The van der Waals surface area contributed by atoms with E-state index in [1.807, 2.05) is 13.0 Å². The van der Waals surface area contributed by atoms with E-state index in [9.17, 15) is 13.2 Å². The first-order chi connectivity index (χ1) is 10.4. The zero-order valence-corrected chi connectivity index (χ0v) is 12.9. The van der Waals surface area contributed by atoms with Gasteiger partial charge in [-0.15, -0.1) is 0 Å². The molecule has 22 heavy (non-hydrogen) atoms. The van der Waals surface area contributed by atoms with Crippen LogP contribution in [0, 0.1) is 11.3 Å². The van der Waals surface area contributed by atoms with Crippen molar-refractivity contribution in [2.45, 2.75) is 33.4 Å². The van der Waals surface area contributed by atoms with Gasteiger partial charge in [0, 0.05) is 12.3 Å². The van der Waals surface area contributed by atoms with Crippen molar-refractivity contribution in [1.82, 2.24) is 0 Å². The zero-order valence-electron chi connectivity index (χ0n) is 12.9. The third-order valence-corrected chi connectivity index (χ3v) is 2.48. The minimum Gasteiger partial charge on any atom is -0.245 e. The van der Waals surface area contributed by atoms with Gasteiger partial charge in [-0.2, -0.15) is 18.4 Å². The predicted octanol–water partition coefficient (Wildman–Crippen LogP) is 5.44. The molecule has 0 unspecified atom stereocenters. The Morgan fingerprint density at radius 3 is 2.23 bits per heavy atom. The van der Waals surface area contributed by atoms with E-state index in [0.29, 0.717) is 17.7 Å². The van der Waals surface area contributed by atoms with Gasteiger partial charge < -0.3 is 0 Å². The average Bonchev–Trinajstić information content (AvgIpc) is 2.47. The molecule has 0 aliphatic heterocycles. The number of aliphatic imine (C=N–C) groups is 1. The highest BCUT2D eigenvalue weighted by Gasteiger charge is 2.21. The molecule has 0 aromatic rings. The molecule has 0 amide bonds. The number of rotatable bonds is 6. The van der Waals surface area contributed by atoms with Crippen molar-refractivity contribution in [2.75, 3.05) is 0 Å². The van der Waals surface area contributed by atoms with Crippen LogP contribution in [-0.2, 0) is 0 Å². The van der Waals surface area contributed by atoms with Crippen LogP contribution in [-0.4, -0.2) is 12.4 Å². The van der Waals surface area contributed by atoms with Crippen molar-refractivity contribution >= 4 is 6.21 Å². The lowest BCUT2D eigenvalue weighted by Crippen LogP contribution is -1.99. The standard InChI is InChI=1S/C17H19F3N2/c1-4-9-16(12-21)22-13-15(6-3)14(5-2)10-7-8-11-17(18,19)20/h5-11,13H,4H2,1-3H3/b10-7-,11-8+,14-5?,15-6+,16-9+,22-13+. The van der Waals surface area contributed by atoms with E-state index in [2.05, 4.69) is 4.99 Å². The summed E-state index contributed by atoms with van der Waals surface area (Å²) < 4.78 is 36.0. The van der Waals surface area contributed by atoms with Gasteiger partial charge in [0.15, 0.2) is 0 Å². The average molecular weight is 308 g/mol. The van der Waals surface area contributed by atoms with Crippen molar-refractivity contribution in [3.8, 4) is 6.07 Å². The molecule has 0 saturated carbocycles. The third kappa shape index (κ3) is 8.75. The van der Waals surface area contributed by atoms with Crippen LogP contribution in [0.2, 0.25) is 0 Å². The van der Waals surface area contributed by atoms with Gasteiger partial charge in [-0.25, -0.2) is 4.99 Å². The molecule has 0 atom stereocenters. The molecule has 0 aromatic heterocycles. The van der Waals surface area contributed by atoms with Crippen molar-refractivity contribution in [1.29, 1.82) is 5.26 Å². The van der Waals surface area contributed by atoms with E-state index in [0.717, 1.165) is 11.6 Å². The lowest BCUT2D eigenvalue weighted by Gasteiger charge is -2.01. The summed E-state index contributed by atoms with van der Waals surface area (Å²) in [6.07, 6.45) is 7.10. The number of alkyl halides is 3. The summed E-state index contributed by atoms with van der Waals surface area (Å²) in [7, 11) is 0. The molecule has 0 rings (SSSR count). The maximum Gasteiger partial charge on any atom is 0.409 e. The van der Waals surface area contributed by atoms with Crippen molar-refractivity contribution in [2.24, 2.45) is 4.99 Å². The van der Waals surface area contributed by atoms with Gasteiger partial charge in [-0.1, -0.05) is 37.3 Å². The fraction of sp³-hybridized carbons (Fsp3) is 0.294. The van der Waals surface area contributed by atoms with E-state index in [4.69, 9.17) is 5.26 Å². The van der Waals surface area contributed by atoms with Crippen LogP contribution < -0.4 is 0 Å². The Kier molecular flexibility index (Phi) is 9.28. The maximum absolute atomic E-state index is 12.0. The summed E-state index contributed by atoms with van der Waals surface area (Å²) in [6, 6.07) is 1.97. The summed E-state index contributed by atoms with van der Waals surface area (Å²) in [5, 5.41) is 8.89. The van der Waals surface area contributed by atoms with Crippen LogP contribution >= 0.6 is 0 Å². The van der Waals surface area contributed by atoms with Crippen molar-refractivity contribution in [3.05, 3.63) is 59.4 Å². The zero-order chi connectivity index (χ0) is 17.0. The fourth-order valence-corrected chi connectivity index (χ4v) is 1.46. The first-order valence-corrected chi connectivity index (χ1v) is 6.77. The van der Waals surface area contributed by atoms with Gasteiger partial charge in [0.25, 0.3) is 0 Å². The monoisotopic (exact) mass is 308 g/mol. The minimum atomic E-state index is -4.32. The van der Waals surface area contributed by atoms with Crippen LogP contribution in [0.1, 0.15) is 27.2 Å². The highest BCUT2D eigenvalue weighted by atomic mass is 19.4. The summed E-state index contributed by atoms with van der Waals surface area (Å²) in [6.45, 7) is 5.47. The first-order valence-electron chi connectivity index (χ1n) is 6.77. The second kappa shape index (κ2) is 10.4. The lowest BCUT2D eigenvalue weighted by atomic mass is 10.1. The smallest absolute Gasteiger partial charge is 0.245 e. The van der Waals surface area contributed by atoms with Crippen LogP contribution in [0.3, 0.4) is 0 Å². The Labute approximate surface area is 129 Å². The molecule has 0 aliphatic rings. The summed E-state index contributed by atoms with van der Waals surface area (Å²) in [4.78, 5) is 4.07. The van der Waals surface area contributed by atoms with E-state index in [1.165, 1.54) is 12.3 Å². The van der Waals surface area contributed by atoms with Gasteiger partial charge in [-0.3, -0.25) is 0 Å². The number of nitrogens with zero attached hydrogens (tertiary/aromatic N) is 2. The molecule has 0 aromatic carbocycles. The Balaban J connectivity index is 5.11. The molecule has 0 saturated heterocycles. The van der Waals surface area contributed by atoms with Crippen molar-refractivity contribution < 1.29 is 13.2 Å². The Hall–Kier alpha value is -2.35. The molecule has 0 aliphatic carbocycles. The molecule has 0 N–H and O–H groups in total. The highest BCUT2D eigenvalue weighted by Crippen LogP contribution is 2.16. The van der Waals surface area contributed by atoms with Crippen molar-refractivity contribution in [3.63, 3.8) is 0 Å². The molecule has 0 spiro atoms. The third-order valence-electron chi connectivity index (χ3n) is 2.48. The molecule has 2 nitrogen and oxygen atoms in total. The largest absolute Gasteiger partial charge is 0.409 e. The summed E-state index contributed by atoms with van der Waals surface area (Å²) in [5.74, 6) is 0. The molecule has 0 bridgehead atoms. The topological polar surface area (TPSA) is 36.1 Å². The van der Waals surface area contributed by atoms with E-state index in [1.54, 1.807) is 38.2 Å². The van der Waals surface area contributed by atoms with Gasteiger partial charge in [0.1, 0.15) is 11.8 Å². The van der Waals surface area contributed by atoms with Crippen LogP contribution in [0.5, 0.6) is 0 Å². The molecular weight excluding hydrogens is 289 g/mol. The Morgan fingerprint density at radius 2 is 1.77 bits per heavy atom. The second-order valence-electron chi connectivity index (χ2n) is 4.12. The lowest BCUT2D eigenvalue weighted by molar-refractivity contribution is -0.0798. The normalized spacial score (nSPS) is 15.2.